The Morgan fingerprint density at radius 1 is 0.980 bits per heavy atom. The van der Waals surface area contributed by atoms with Crippen molar-refractivity contribution < 1.29 is 24.5 Å². The average Bonchev–Trinajstić information content (AvgIpc) is 3.67. The van der Waals surface area contributed by atoms with Gasteiger partial charge in [-0.05, 0) is 79.6 Å². The number of hydrogen-bond acceptors (Lipinski definition) is 13. The summed E-state index contributed by atoms with van der Waals surface area (Å²) in [5, 5.41) is 38.6. The van der Waals surface area contributed by atoms with Crippen LogP contribution in [0.25, 0.3) is 11.2 Å². The maximum Gasteiger partial charge on any atom is 0.252 e. The molecule has 268 valence electrons. The molecule has 0 spiro atoms. The maximum atomic E-state index is 12.4. The molecule has 0 aliphatic carbocycles. The maximum absolute atomic E-state index is 12.4. The molecule has 4 atom stereocenters. The Morgan fingerprint density at radius 2 is 1.69 bits per heavy atom. The Labute approximate surface area is 304 Å². The van der Waals surface area contributed by atoms with E-state index in [1.54, 1.807) is 19.1 Å². The van der Waals surface area contributed by atoms with Gasteiger partial charge < -0.3 is 47.3 Å². The minimum atomic E-state index is -1.44. The zero-order chi connectivity index (χ0) is 36.3. The number of carbonyl (C=O) groups is 2. The monoisotopic (exact) mass is 733 g/mol. The highest BCUT2D eigenvalue weighted by Crippen LogP contribution is 2.32. The molecule has 51 heavy (non-hydrogen) atoms. The number of nitrogen functional groups attached to an aromatic ring is 1. The first kappa shape index (κ1) is 37.2. The predicted octanol–water partition coefficient (Wildman–Crippen LogP) is 1.59. The second-order valence-corrected chi connectivity index (χ2v) is 12.1. The zero-order valence-electron chi connectivity index (χ0n) is 27.7. The van der Waals surface area contributed by atoms with Crippen LogP contribution in [0.1, 0.15) is 30.7 Å². The Morgan fingerprint density at radius 3 is 2.39 bits per heavy atom. The highest BCUT2D eigenvalue weighted by molar-refractivity contribution is 7.80. The number of nitrogens with two attached hydrogens (primary N) is 1. The molecular weight excluding hydrogens is 695 g/mol. The fraction of sp³-hybridized carbons (Fsp3) is 0.364. The molecule has 2 amide bonds. The van der Waals surface area contributed by atoms with Gasteiger partial charge in [-0.2, -0.15) is 15.0 Å². The summed E-state index contributed by atoms with van der Waals surface area (Å²) in [6, 6.07) is 15.3. The molecule has 3 heterocycles. The van der Waals surface area contributed by atoms with Crippen molar-refractivity contribution in [2.75, 3.05) is 42.5 Å². The second-order valence-electron chi connectivity index (χ2n) is 11.6. The van der Waals surface area contributed by atoms with E-state index in [0.29, 0.717) is 61.8 Å². The lowest BCUT2D eigenvalue weighted by molar-refractivity contribution is -0.137. The summed E-state index contributed by atoms with van der Waals surface area (Å²) in [6.45, 7) is 3.49. The average molecular weight is 734 g/mol. The SMILES string of the molecule is CCNC(=O)[C@H]1OC(n2cnc3c(N)nc(NCCc4ccc(CCC(=O)NCCNC(=S)Nc5ccc(N=C=S)cc5)cc4)nc32)[C@@H](O)C1O. The van der Waals surface area contributed by atoms with Crippen LogP contribution >= 0.6 is 24.4 Å². The first-order valence-corrected chi connectivity index (χ1v) is 17.1. The van der Waals surface area contributed by atoms with Gasteiger partial charge in [0.2, 0.25) is 11.9 Å². The van der Waals surface area contributed by atoms with Crippen LogP contribution in [0.3, 0.4) is 0 Å². The van der Waals surface area contributed by atoms with Gasteiger partial charge in [0, 0.05) is 38.3 Å². The van der Waals surface area contributed by atoms with Gasteiger partial charge in [-0.15, -0.1) is 0 Å². The van der Waals surface area contributed by atoms with Crippen molar-refractivity contribution in [1.82, 2.24) is 35.5 Å². The molecule has 18 heteroatoms. The molecule has 0 bridgehead atoms. The van der Waals surface area contributed by atoms with Crippen molar-refractivity contribution in [1.29, 1.82) is 0 Å². The van der Waals surface area contributed by atoms with Crippen molar-refractivity contribution in [2.45, 2.75) is 50.7 Å². The number of aliphatic hydroxyl groups excluding tert-OH is 2. The standard InChI is InChI=1S/C33H39N11O5S2/c1-2-35-30(48)27-25(46)26(47)31(49-27)44-17-39-24-28(34)42-32(43-29(24)44)37-14-13-20-5-3-19(4-6-20)7-12-23(45)36-15-16-38-33(51)41-22-10-8-21(9-11-22)40-18-50/h3-6,8-11,17,25-27,31,46-47H,2,7,12-16H2,1H3,(H,35,48)(H,36,45)(H2,38,41,51)(H3,34,37,42,43)/t25?,26-,27-,31?/m0/s1. The molecule has 0 radical (unpaired) electrons. The van der Waals surface area contributed by atoms with Crippen molar-refractivity contribution in [3.05, 3.63) is 66.0 Å². The Hall–Kier alpha value is -5.10. The Kier molecular flexibility index (Phi) is 12.9. The second kappa shape index (κ2) is 17.7. The summed E-state index contributed by atoms with van der Waals surface area (Å²) in [5.74, 6) is -0.214. The molecule has 1 aliphatic rings. The lowest BCUT2D eigenvalue weighted by Gasteiger charge is -2.16. The molecule has 0 saturated carbocycles. The number of likely N-dealkylation sites (N-methyl/N-ethyl adjacent to an activating group) is 1. The van der Waals surface area contributed by atoms with Gasteiger partial charge in [0.05, 0.1) is 17.2 Å². The van der Waals surface area contributed by atoms with Gasteiger partial charge in [0.1, 0.15) is 17.7 Å². The van der Waals surface area contributed by atoms with E-state index in [1.807, 2.05) is 36.4 Å². The molecule has 2 unspecified atom stereocenters. The van der Waals surface area contributed by atoms with Gasteiger partial charge in [-0.25, -0.2) is 4.98 Å². The minimum Gasteiger partial charge on any atom is -0.387 e. The van der Waals surface area contributed by atoms with E-state index < -0.39 is 30.4 Å². The van der Waals surface area contributed by atoms with E-state index in [0.717, 1.165) is 16.8 Å². The number of thiocarbonyl (C=S) groups is 2. The van der Waals surface area contributed by atoms with Crippen molar-refractivity contribution in [3.8, 4) is 0 Å². The predicted molar refractivity (Wildman–Crippen MR) is 200 cm³/mol. The minimum absolute atomic E-state index is 0.0526. The van der Waals surface area contributed by atoms with E-state index >= 15 is 0 Å². The first-order valence-electron chi connectivity index (χ1n) is 16.3. The molecular formula is C33H39N11O5S2. The molecule has 4 aromatic rings. The zero-order valence-corrected chi connectivity index (χ0v) is 29.3. The summed E-state index contributed by atoms with van der Waals surface area (Å²) in [4.78, 5) is 41.6. The number of aromatic nitrogens is 4. The van der Waals surface area contributed by atoms with E-state index in [-0.39, 0.29) is 23.3 Å². The number of ether oxygens (including phenoxy) is 1. The topological polar surface area (TPSA) is 226 Å². The van der Waals surface area contributed by atoms with Crippen LogP contribution in [0.2, 0.25) is 0 Å². The van der Waals surface area contributed by atoms with Gasteiger partial charge in [0.15, 0.2) is 28.9 Å². The number of rotatable bonds is 15. The number of fused-ring (bicyclic) bond motifs is 1. The van der Waals surface area contributed by atoms with Gasteiger partial charge in [0.25, 0.3) is 5.91 Å². The number of aliphatic hydroxyl groups is 2. The number of anilines is 3. The number of aliphatic imine (C=N–C) groups is 1. The molecule has 16 nitrogen and oxygen atoms in total. The van der Waals surface area contributed by atoms with Crippen LogP contribution < -0.4 is 32.3 Å². The van der Waals surface area contributed by atoms with E-state index in [4.69, 9.17) is 22.7 Å². The van der Waals surface area contributed by atoms with Gasteiger partial charge >= 0.3 is 0 Å². The quantitative estimate of drug-likeness (QED) is 0.0494. The van der Waals surface area contributed by atoms with E-state index in [1.165, 1.54) is 10.9 Å². The van der Waals surface area contributed by atoms with Gasteiger partial charge in [-0.1, -0.05) is 24.3 Å². The van der Waals surface area contributed by atoms with E-state index in [2.05, 4.69) is 63.9 Å². The third kappa shape index (κ3) is 9.78. The largest absolute Gasteiger partial charge is 0.387 e. The fourth-order valence-electron chi connectivity index (χ4n) is 5.35. The fourth-order valence-corrected chi connectivity index (χ4v) is 5.67. The number of benzene rings is 2. The molecule has 2 aromatic carbocycles. The molecule has 1 saturated heterocycles. The lowest BCUT2D eigenvalue weighted by atomic mass is 10.1. The lowest BCUT2D eigenvalue weighted by Crippen LogP contribution is -2.42. The van der Waals surface area contributed by atoms with Crippen LogP contribution in [-0.4, -0.2) is 96.3 Å². The van der Waals surface area contributed by atoms with Crippen molar-refractivity contribution in [3.63, 3.8) is 0 Å². The summed E-state index contributed by atoms with van der Waals surface area (Å²) in [5.41, 5.74) is 10.3. The number of nitrogens with zero attached hydrogens (tertiary/aromatic N) is 5. The van der Waals surface area contributed by atoms with Crippen LogP contribution in [0.15, 0.2) is 59.9 Å². The number of aryl methyl sites for hydroxylation is 1. The molecule has 2 aromatic heterocycles. The number of nitrogens with one attached hydrogen (secondary N) is 5. The number of imidazole rings is 1. The molecule has 5 rings (SSSR count). The Bertz CT molecular complexity index is 1880. The van der Waals surface area contributed by atoms with Crippen molar-refractivity contribution >= 4 is 80.8 Å². The normalized spacial score (nSPS) is 18.1. The van der Waals surface area contributed by atoms with Crippen LogP contribution in [0.5, 0.6) is 0 Å². The van der Waals surface area contributed by atoms with Gasteiger partial charge in [-0.3, -0.25) is 14.2 Å². The highest BCUT2D eigenvalue weighted by atomic mass is 32.1. The van der Waals surface area contributed by atoms with Crippen LogP contribution in [-0.2, 0) is 27.2 Å². The van der Waals surface area contributed by atoms with Crippen LogP contribution in [0, 0.1) is 0 Å². The molecule has 9 N–H and O–H groups in total. The van der Waals surface area contributed by atoms with E-state index in [9.17, 15) is 19.8 Å². The molecule has 1 fully saturated rings. The summed E-state index contributed by atoms with van der Waals surface area (Å²) in [7, 11) is 0. The third-order valence-corrected chi connectivity index (χ3v) is 8.30. The number of amides is 2. The summed E-state index contributed by atoms with van der Waals surface area (Å²) < 4.78 is 7.15. The van der Waals surface area contributed by atoms with Crippen LogP contribution in [0.4, 0.5) is 23.1 Å². The highest BCUT2D eigenvalue weighted by Gasteiger charge is 2.47. The van der Waals surface area contributed by atoms with Crippen molar-refractivity contribution in [2.24, 2.45) is 4.99 Å². The number of hydrogen-bond donors (Lipinski definition) is 8. The third-order valence-electron chi connectivity index (χ3n) is 7.96. The number of carbonyl (C=O) groups excluding carboxylic acids is 2. The number of isothiocyanates is 1. The molecule has 1 aliphatic heterocycles. The summed E-state index contributed by atoms with van der Waals surface area (Å²) in [6.07, 6.45) is -2.21. The Balaban J connectivity index is 1.03. The first-order chi connectivity index (χ1) is 24.7. The smallest absolute Gasteiger partial charge is 0.252 e. The summed E-state index contributed by atoms with van der Waals surface area (Å²) >= 11 is 9.91.